The van der Waals surface area contributed by atoms with Gasteiger partial charge in [-0.05, 0) is 67.3 Å². The molecule has 2 N–H and O–H groups in total. The Morgan fingerprint density at radius 3 is 2.40 bits per heavy atom. The molecule has 9 nitrogen and oxygen atoms in total. The lowest BCUT2D eigenvalue weighted by Crippen LogP contribution is -2.39. The van der Waals surface area contributed by atoms with Crippen molar-refractivity contribution >= 4 is 40.5 Å². The highest BCUT2D eigenvalue weighted by Crippen LogP contribution is 2.29. The second kappa shape index (κ2) is 11.4. The summed E-state index contributed by atoms with van der Waals surface area (Å²) >= 11 is 1.37. The first-order chi connectivity index (χ1) is 17.0. The van der Waals surface area contributed by atoms with Gasteiger partial charge in [-0.3, -0.25) is 9.59 Å². The van der Waals surface area contributed by atoms with Gasteiger partial charge in [-0.25, -0.2) is 4.99 Å². The minimum atomic E-state index is -0.541. The number of rotatable bonds is 9. The molecule has 2 aromatic carbocycles. The van der Waals surface area contributed by atoms with E-state index in [-0.39, 0.29) is 11.7 Å². The van der Waals surface area contributed by atoms with Crippen molar-refractivity contribution < 1.29 is 14.3 Å². The number of hydrogen-bond acceptors (Lipinski definition) is 9. The van der Waals surface area contributed by atoms with Crippen molar-refractivity contribution in [3.8, 4) is 5.75 Å². The fourth-order valence-corrected chi connectivity index (χ4v) is 5.36. The van der Waals surface area contributed by atoms with Gasteiger partial charge in [-0.15, -0.1) is 0 Å². The molecule has 2 aromatic rings. The summed E-state index contributed by atoms with van der Waals surface area (Å²) in [5.74, 6) is 0.672. The second-order valence-electron chi connectivity index (χ2n) is 8.57. The SMILES string of the molecule is COc1ccc(NC2N=C(C(C)=O)C(NC(=O)c3ccc(N4CCC(CN=O)CC4)cc3)S2)cc1. The lowest BCUT2D eigenvalue weighted by molar-refractivity contribution is -0.111. The molecule has 1 fully saturated rings. The summed E-state index contributed by atoms with van der Waals surface area (Å²) in [4.78, 5) is 42.3. The molecule has 2 aliphatic heterocycles. The molecule has 2 heterocycles. The number of nitrogens with zero attached hydrogens (tertiary/aromatic N) is 3. The number of carbonyl (C=O) groups excluding carboxylic acids is 2. The van der Waals surface area contributed by atoms with Gasteiger partial charge in [0.15, 0.2) is 11.3 Å². The van der Waals surface area contributed by atoms with E-state index in [1.165, 1.54) is 18.7 Å². The van der Waals surface area contributed by atoms with Crippen molar-refractivity contribution in [3.05, 3.63) is 59.0 Å². The fourth-order valence-electron chi connectivity index (χ4n) is 4.20. The average Bonchev–Trinajstić information content (AvgIpc) is 3.27. The molecule has 0 radical (unpaired) electrons. The van der Waals surface area contributed by atoms with Crippen LogP contribution in [-0.4, -0.2) is 55.0 Å². The van der Waals surface area contributed by atoms with Gasteiger partial charge >= 0.3 is 0 Å². The molecule has 184 valence electrons. The summed E-state index contributed by atoms with van der Waals surface area (Å²) in [6.45, 7) is 3.57. The molecular formula is C25H29N5O4S. The lowest BCUT2D eigenvalue weighted by atomic mass is 9.96. The van der Waals surface area contributed by atoms with E-state index in [0.29, 0.717) is 23.7 Å². The maximum atomic E-state index is 12.9. The number of piperidine rings is 1. The zero-order chi connectivity index (χ0) is 24.8. The van der Waals surface area contributed by atoms with Crippen molar-refractivity contribution in [2.24, 2.45) is 16.1 Å². The van der Waals surface area contributed by atoms with E-state index < -0.39 is 10.9 Å². The number of ketones is 1. The summed E-state index contributed by atoms with van der Waals surface area (Å²) in [6.07, 6.45) is 1.87. The zero-order valence-electron chi connectivity index (χ0n) is 19.8. The third-order valence-corrected chi connectivity index (χ3v) is 7.31. The van der Waals surface area contributed by atoms with Crippen molar-refractivity contribution in [2.75, 3.05) is 37.0 Å². The number of Topliss-reactive ketones (excluding diaryl/α,β-unsaturated/α-hetero) is 1. The van der Waals surface area contributed by atoms with Crippen LogP contribution < -0.4 is 20.3 Å². The van der Waals surface area contributed by atoms with E-state index in [2.05, 4.69) is 25.7 Å². The van der Waals surface area contributed by atoms with Gasteiger partial charge < -0.3 is 20.3 Å². The molecule has 0 spiro atoms. The molecule has 1 saturated heterocycles. The van der Waals surface area contributed by atoms with E-state index in [9.17, 15) is 14.5 Å². The van der Waals surface area contributed by atoms with Crippen LogP contribution in [0, 0.1) is 10.8 Å². The first-order valence-corrected chi connectivity index (χ1v) is 12.5. The van der Waals surface area contributed by atoms with E-state index >= 15 is 0 Å². The molecular weight excluding hydrogens is 466 g/mol. The highest BCUT2D eigenvalue weighted by atomic mass is 32.2. The van der Waals surface area contributed by atoms with Crippen molar-refractivity contribution in [3.63, 3.8) is 0 Å². The maximum absolute atomic E-state index is 12.9. The summed E-state index contributed by atoms with van der Waals surface area (Å²) < 4.78 is 5.18. The smallest absolute Gasteiger partial charge is 0.252 e. The average molecular weight is 496 g/mol. The third kappa shape index (κ3) is 6.19. The van der Waals surface area contributed by atoms with Crippen LogP contribution in [-0.2, 0) is 4.79 Å². The Morgan fingerprint density at radius 1 is 1.11 bits per heavy atom. The molecule has 0 aliphatic carbocycles. The van der Waals surface area contributed by atoms with Crippen LogP contribution in [0.4, 0.5) is 11.4 Å². The molecule has 2 aliphatic rings. The summed E-state index contributed by atoms with van der Waals surface area (Å²) in [6, 6.07) is 14.9. The summed E-state index contributed by atoms with van der Waals surface area (Å²) in [7, 11) is 1.61. The Balaban J connectivity index is 1.35. The Labute approximate surface area is 208 Å². The highest BCUT2D eigenvalue weighted by molar-refractivity contribution is 8.01. The zero-order valence-corrected chi connectivity index (χ0v) is 20.6. The first-order valence-electron chi connectivity index (χ1n) is 11.6. The van der Waals surface area contributed by atoms with E-state index in [1.54, 1.807) is 19.2 Å². The third-order valence-electron chi connectivity index (χ3n) is 6.21. The van der Waals surface area contributed by atoms with Crippen molar-refractivity contribution in [2.45, 2.75) is 30.6 Å². The molecule has 0 aromatic heterocycles. The predicted octanol–water partition coefficient (Wildman–Crippen LogP) is 3.91. The van der Waals surface area contributed by atoms with Crippen LogP contribution in [0.2, 0.25) is 0 Å². The van der Waals surface area contributed by atoms with E-state index in [4.69, 9.17) is 4.74 Å². The van der Waals surface area contributed by atoms with Gasteiger partial charge in [0.2, 0.25) is 0 Å². The Hall–Kier alpha value is -3.40. The number of nitrogens with one attached hydrogen (secondary N) is 2. The van der Waals surface area contributed by atoms with Crippen LogP contribution >= 0.6 is 11.8 Å². The fraction of sp³-hybridized carbons (Fsp3) is 0.400. The molecule has 2 unspecified atom stereocenters. The van der Waals surface area contributed by atoms with Gasteiger partial charge in [0.1, 0.15) is 16.8 Å². The minimum Gasteiger partial charge on any atom is -0.497 e. The van der Waals surface area contributed by atoms with Gasteiger partial charge in [-0.1, -0.05) is 16.9 Å². The number of thioether (sulfide) groups is 1. The number of hydrogen-bond donors (Lipinski definition) is 2. The molecule has 2 atom stereocenters. The Morgan fingerprint density at radius 2 is 1.80 bits per heavy atom. The van der Waals surface area contributed by atoms with E-state index in [0.717, 1.165) is 43.1 Å². The van der Waals surface area contributed by atoms with Crippen LogP contribution in [0.5, 0.6) is 5.75 Å². The molecule has 4 rings (SSSR count). The molecule has 1 amide bonds. The van der Waals surface area contributed by atoms with Gasteiger partial charge in [0.05, 0.1) is 13.7 Å². The largest absolute Gasteiger partial charge is 0.497 e. The topological polar surface area (TPSA) is 112 Å². The van der Waals surface area contributed by atoms with Crippen LogP contribution in [0.1, 0.15) is 30.1 Å². The quantitative estimate of drug-likeness (QED) is 0.507. The number of benzene rings is 2. The van der Waals surface area contributed by atoms with Crippen molar-refractivity contribution in [1.29, 1.82) is 0 Å². The first kappa shape index (κ1) is 24.7. The predicted molar refractivity (Wildman–Crippen MR) is 139 cm³/mol. The van der Waals surface area contributed by atoms with Gasteiger partial charge in [0, 0.05) is 37.0 Å². The van der Waals surface area contributed by atoms with Gasteiger partial charge in [-0.2, -0.15) is 4.91 Å². The lowest BCUT2D eigenvalue weighted by Gasteiger charge is -2.32. The maximum Gasteiger partial charge on any atom is 0.252 e. The second-order valence-corrected chi connectivity index (χ2v) is 9.76. The van der Waals surface area contributed by atoms with Crippen molar-refractivity contribution in [1.82, 2.24) is 5.32 Å². The van der Waals surface area contributed by atoms with Crippen LogP contribution in [0.15, 0.2) is 58.7 Å². The molecule has 0 saturated carbocycles. The van der Waals surface area contributed by atoms with Crippen LogP contribution in [0.3, 0.4) is 0 Å². The number of ether oxygens (including phenoxy) is 1. The Bertz CT molecular complexity index is 1080. The number of nitroso groups, excluding NO2 is 1. The normalized spacial score (nSPS) is 20.2. The number of aliphatic imine (C=N–C) groups is 1. The number of methoxy groups -OCH3 is 1. The molecule has 0 bridgehead atoms. The molecule has 10 heteroatoms. The Kier molecular flexibility index (Phi) is 8.02. The standard InChI is InChI=1S/C25H29N5O4S/c1-16(31)22-24(35-25(28-22)27-19-5-9-21(34-2)10-6-19)29-23(32)18-3-7-20(8-4-18)30-13-11-17(12-14-30)15-26-33/h3-10,17,24-25,27H,11-15H2,1-2H3,(H,29,32). The van der Waals surface area contributed by atoms with E-state index in [1.807, 2.05) is 36.4 Å². The number of anilines is 2. The van der Waals surface area contributed by atoms with Gasteiger partial charge in [0.25, 0.3) is 5.91 Å². The summed E-state index contributed by atoms with van der Waals surface area (Å²) in [5, 5.41) is 8.69. The number of amides is 1. The highest BCUT2D eigenvalue weighted by Gasteiger charge is 2.33. The minimum absolute atomic E-state index is 0.176. The monoisotopic (exact) mass is 495 g/mol. The van der Waals surface area contributed by atoms with Crippen LogP contribution in [0.25, 0.3) is 0 Å². The summed E-state index contributed by atoms with van der Waals surface area (Å²) in [5.41, 5.74) is 2.34. The number of carbonyl (C=O) groups is 2. The molecule has 35 heavy (non-hydrogen) atoms.